The lowest BCUT2D eigenvalue weighted by Gasteiger charge is -2.24. The molecule has 1 aromatic rings. The summed E-state index contributed by atoms with van der Waals surface area (Å²) in [4.78, 5) is 6.62. The lowest BCUT2D eigenvalue weighted by molar-refractivity contribution is 0.297. The number of nitrogens with two attached hydrogens (primary N) is 1. The summed E-state index contributed by atoms with van der Waals surface area (Å²) in [6, 6.07) is 3.93. The first kappa shape index (κ1) is 18.6. The van der Waals surface area contributed by atoms with Crippen molar-refractivity contribution in [1.82, 2.24) is 10.3 Å². The summed E-state index contributed by atoms with van der Waals surface area (Å²) < 4.78 is 5.76. The van der Waals surface area contributed by atoms with Gasteiger partial charge in [-0.1, -0.05) is 20.8 Å². The van der Waals surface area contributed by atoms with E-state index in [0.29, 0.717) is 18.3 Å². The zero-order valence-electron chi connectivity index (χ0n) is 14.4. The van der Waals surface area contributed by atoms with Crippen molar-refractivity contribution in [1.29, 1.82) is 0 Å². The molecule has 0 amide bonds. The second-order valence-corrected chi connectivity index (χ2v) is 5.53. The van der Waals surface area contributed by atoms with Gasteiger partial charge in [0.05, 0.1) is 6.61 Å². The number of anilines is 2. The van der Waals surface area contributed by atoms with Crippen LogP contribution in [0.1, 0.15) is 46.5 Å². The first-order valence-corrected chi connectivity index (χ1v) is 8.57. The van der Waals surface area contributed by atoms with Crippen LogP contribution in [-0.4, -0.2) is 37.8 Å². The molecule has 0 atom stereocenters. The maximum Gasteiger partial charge on any atom is 0.217 e. The summed E-state index contributed by atoms with van der Waals surface area (Å²) in [6.07, 6.45) is 4.36. The van der Waals surface area contributed by atoms with Gasteiger partial charge in [-0.15, -0.1) is 0 Å². The minimum Gasteiger partial charge on any atom is -0.478 e. The number of nitrogen functional groups attached to an aromatic ring is 1. The van der Waals surface area contributed by atoms with E-state index in [4.69, 9.17) is 10.5 Å². The van der Waals surface area contributed by atoms with E-state index in [2.05, 4.69) is 36.0 Å². The van der Waals surface area contributed by atoms with Crippen molar-refractivity contribution in [2.24, 2.45) is 0 Å². The summed E-state index contributed by atoms with van der Waals surface area (Å²) in [7, 11) is 0. The normalized spacial score (nSPS) is 10.7. The maximum absolute atomic E-state index is 5.93. The van der Waals surface area contributed by atoms with Gasteiger partial charge in [0.2, 0.25) is 5.88 Å². The number of nitrogens with zero attached hydrogens (tertiary/aromatic N) is 2. The zero-order valence-corrected chi connectivity index (χ0v) is 14.4. The molecule has 0 aliphatic heterocycles. The molecule has 0 spiro atoms. The van der Waals surface area contributed by atoms with Crippen LogP contribution in [0, 0.1) is 0 Å². The molecular weight excluding hydrogens is 276 g/mol. The molecule has 0 saturated heterocycles. The standard InChI is InChI=1S/C17H32N4O/c1-4-8-19-9-7-12-22-17-14-15(13-16(18)20-17)21(10-5-2)11-6-3/h13-14,19H,4-12H2,1-3H3,(H2,18,20). The van der Waals surface area contributed by atoms with Crippen LogP contribution in [0.3, 0.4) is 0 Å². The first-order valence-electron chi connectivity index (χ1n) is 8.57. The molecule has 0 unspecified atom stereocenters. The van der Waals surface area contributed by atoms with Gasteiger partial charge in [0.25, 0.3) is 0 Å². The second-order valence-electron chi connectivity index (χ2n) is 5.53. The van der Waals surface area contributed by atoms with Gasteiger partial charge in [0, 0.05) is 30.9 Å². The Kier molecular flexibility index (Phi) is 9.39. The Labute approximate surface area is 135 Å². The van der Waals surface area contributed by atoms with Crippen LogP contribution in [0.2, 0.25) is 0 Å². The van der Waals surface area contributed by atoms with Gasteiger partial charge in [0.15, 0.2) is 0 Å². The van der Waals surface area contributed by atoms with Crippen LogP contribution < -0.4 is 20.7 Å². The molecule has 1 heterocycles. The van der Waals surface area contributed by atoms with E-state index in [1.54, 1.807) is 0 Å². The molecule has 0 radical (unpaired) electrons. The zero-order chi connectivity index (χ0) is 16.2. The third kappa shape index (κ3) is 6.98. The first-order chi connectivity index (χ1) is 10.7. The van der Waals surface area contributed by atoms with Gasteiger partial charge >= 0.3 is 0 Å². The molecule has 0 aliphatic rings. The predicted octanol–water partition coefficient (Wildman–Crippen LogP) is 3.06. The van der Waals surface area contributed by atoms with E-state index in [1.165, 1.54) is 0 Å². The molecule has 0 aliphatic carbocycles. The average Bonchev–Trinajstić information content (AvgIpc) is 2.50. The highest BCUT2D eigenvalue weighted by molar-refractivity contribution is 5.55. The fraction of sp³-hybridized carbons (Fsp3) is 0.706. The molecule has 1 rings (SSSR count). The Bertz CT molecular complexity index is 406. The molecule has 126 valence electrons. The third-order valence-electron chi connectivity index (χ3n) is 3.33. The smallest absolute Gasteiger partial charge is 0.217 e. The molecule has 5 nitrogen and oxygen atoms in total. The van der Waals surface area contributed by atoms with E-state index in [1.807, 2.05) is 12.1 Å². The summed E-state index contributed by atoms with van der Waals surface area (Å²) in [5, 5.41) is 3.36. The molecule has 3 N–H and O–H groups in total. The van der Waals surface area contributed by atoms with Crippen molar-refractivity contribution in [3.63, 3.8) is 0 Å². The van der Waals surface area contributed by atoms with Crippen LogP contribution in [0.5, 0.6) is 5.88 Å². The van der Waals surface area contributed by atoms with Gasteiger partial charge < -0.3 is 20.7 Å². The van der Waals surface area contributed by atoms with Gasteiger partial charge in [0.1, 0.15) is 5.82 Å². The van der Waals surface area contributed by atoms with Crippen molar-refractivity contribution >= 4 is 11.5 Å². The average molecular weight is 308 g/mol. The van der Waals surface area contributed by atoms with Crippen LogP contribution in [0.25, 0.3) is 0 Å². The van der Waals surface area contributed by atoms with Gasteiger partial charge in [-0.25, -0.2) is 0 Å². The van der Waals surface area contributed by atoms with Gasteiger partial charge in [-0.3, -0.25) is 0 Å². The SMILES string of the molecule is CCCNCCCOc1cc(N(CCC)CCC)cc(N)n1. The fourth-order valence-corrected chi connectivity index (χ4v) is 2.35. The van der Waals surface area contributed by atoms with Crippen molar-refractivity contribution in [3.05, 3.63) is 12.1 Å². The minimum absolute atomic E-state index is 0.522. The lowest BCUT2D eigenvalue weighted by atomic mass is 10.3. The van der Waals surface area contributed by atoms with E-state index in [0.717, 1.165) is 57.5 Å². The molecule has 0 aromatic carbocycles. The molecule has 0 bridgehead atoms. The summed E-state index contributed by atoms with van der Waals surface area (Å²) in [5.74, 6) is 1.15. The van der Waals surface area contributed by atoms with Crippen molar-refractivity contribution < 1.29 is 4.74 Å². The largest absolute Gasteiger partial charge is 0.478 e. The van der Waals surface area contributed by atoms with Crippen molar-refractivity contribution in [2.75, 3.05) is 43.4 Å². The van der Waals surface area contributed by atoms with Gasteiger partial charge in [-0.2, -0.15) is 4.98 Å². The highest BCUT2D eigenvalue weighted by atomic mass is 16.5. The molecule has 5 heteroatoms. The summed E-state index contributed by atoms with van der Waals surface area (Å²) in [6.45, 7) is 11.3. The Morgan fingerprint density at radius 2 is 1.82 bits per heavy atom. The number of nitrogens with one attached hydrogen (secondary N) is 1. The van der Waals surface area contributed by atoms with Crippen molar-refractivity contribution in [2.45, 2.75) is 46.5 Å². The lowest BCUT2D eigenvalue weighted by Crippen LogP contribution is -2.25. The fourth-order valence-electron chi connectivity index (χ4n) is 2.35. The van der Waals surface area contributed by atoms with Crippen molar-refractivity contribution in [3.8, 4) is 5.88 Å². The van der Waals surface area contributed by atoms with E-state index >= 15 is 0 Å². The number of aromatic nitrogens is 1. The Hall–Kier alpha value is -1.49. The number of hydrogen-bond donors (Lipinski definition) is 2. The van der Waals surface area contributed by atoms with Gasteiger partial charge in [-0.05, 0) is 38.8 Å². The Morgan fingerprint density at radius 3 is 2.45 bits per heavy atom. The predicted molar refractivity (Wildman–Crippen MR) is 94.7 cm³/mol. The molecule has 0 saturated carbocycles. The van der Waals surface area contributed by atoms with E-state index in [-0.39, 0.29) is 0 Å². The number of rotatable bonds is 12. The number of pyridine rings is 1. The third-order valence-corrected chi connectivity index (χ3v) is 3.33. The van der Waals surface area contributed by atoms with Crippen LogP contribution >= 0.6 is 0 Å². The minimum atomic E-state index is 0.522. The highest BCUT2D eigenvalue weighted by Gasteiger charge is 2.08. The molecule has 1 aromatic heterocycles. The summed E-state index contributed by atoms with van der Waals surface area (Å²) >= 11 is 0. The molecular formula is C17H32N4O. The maximum atomic E-state index is 5.93. The number of ether oxygens (including phenoxy) is 1. The van der Waals surface area contributed by atoms with E-state index < -0.39 is 0 Å². The number of hydrogen-bond acceptors (Lipinski definition) is 5. The Balaban J connectivity index is 2.56. The highest BCUT2D eigenvalue weighted by Crippen LogP contribution is 2.23. The molecule has 0 fully saturated rings. The quantitative estimate of drug-likeness (QED) is 0.581. The van der Waals surface area contributed by atoms with Crippen LogP contribution in [0.15, 0.2) is 12.1 Å². The van der Waals surface area contributed by atoms with Crippen LogP contribution in [-0.2, 0) is 0 Å². The van der Waals surface area contributed by atoms with E-state index in [9.17, 15) is 0 Å². The molecule has 22 heavy (non-hydrogen) atoms. The second kappa shape index (κ2) is 11.1. The Morgan fingerprint density at radius 1 is 1.09 bits per heavy atom. The topological polar surface area (TPSA) is 63.4 Å². The van der Waals surface area contributed by atoms with Crippen LogP contribution in [0.4, 0.5) is 11.5 Å². The summed E-state index contributed by atoms with van der Waals surface area (Å²) in [5.41, 5.74) is 7.04. The monoisotopic (exact) mass is 308 g/mol.